The lowest BCUT2D eigenvalue weighted by Crippen LogP contribution is -2.44. The van der Waals surface area contributed by atoms with Gasteiger partial charge in [-0.05, 0) is 12.8 Å². The smallest absolute Gasteiger partial charge is 0.244 e. The standard InChI is InChI=1S/C14H12N6O4/c1-3-5-12(6-15,7-16)10(21)23-24-11(22)13(8-17,9-18)14(4-2)19-20-14/h3-5H2,1-2H3. The molecule has 0 saturated carbocycles. The van der Waals surface area contributed by atoms with E-state index >= 15 is 0 Å². The van der Waals surface area contributed by atoms with E-state index in [9.17, 15) is 20.1 Å². The van der Waals surface area contributed by atoms with Crippen molar-refractivity contribution >= 4 is 11.9 Å². The zero-order chi connectivity index (χ0) is 18.4. The molecule has 0 radical (unpaired) electrons. The molecule has 0 aliphatic carbocycles. The average molecular weight is 328 g/mol. The van der Waals surface area contributed by atoms with Crippen LogP contribution in [-0.4, -0.2) is 17.6 Å². The van der Waals surface area contributed by atoms with Gasteiger partial charge in [-0.15, -0.1) is 0 Å². The van der Waals surface area contributed by atoms with Gasteiger partial charge in [0.2, 0.25) is 11.1 Å². The van der Waals surface area contributed by atoms with Gasteiger partial charge in [0.25, 0.3) is 5.41 Å². The van der Waals surface area contributed by atoms with E-state index in [-0.39, 0.29) is 12.8 Å². The van der Waals surface area contributed by atoms with Gasteiger partial charge in [0.05, 0.1) is 12.1 Å². The molecule has 0 aromatic heterocycles. The second-order valence-electron chi connectivity index (χ2n) is 4.96. The first-order valence-electron chi connectivity index (χ1n) is 6.90. The fraction of sp³-hybridized carbons (Fsp3) is 0.571. The van der Waals surface area contributed by atoms with Crippen LogP contribution < -0.4 is 0 Å². The highest BCUT2D eigenvalue weighted by Gasteiger charge is 2.67. The molecule has 122 valence electrons. The van der Waals surface area contributed by atoms with E-state index in [1.807, 2.05) is 0 Å². The van der Waals surface area contributed by atoms with Crippen LogP contribution in [0, 0.1) is 56.2 Å². The zero-order valence-electron chi connectivity index (χ0n) is 12.9. The van der Waals surface area contributed by atoms with Gasteiger partial charge >= 0.3 is 11.9 Å². The van der Waals surface area contributed by atoms with E-state index in [4.69, 9.17) is 10.5 Å². The van der Waals surface area contributed by atoms with Crippen LogP contribution >= 0.6 is 0 Å². The third-order valence-electron chi connectivity index (χ3n) is 3.62. The van der Waals surface area contributed by atoms with Crippen molar-refractivity contribution in [1.82, 2.24) is 0 Å². The maximum Gasteiger partial charge on any atom is 0.394 e. The molecule has 1 aliphatic rings. The lowest BCUT2D eigenvalue weighted by atomic mass is 9.78. The van der Waals surface area contributed by atoms with Crippen LogP contribution in [0.1, 0.15) is 33.1 Å². The van der Waals surface area contributed by atoms with E-state index in [0.717, 1.165) is 0 Å². The monoisotopic (exact) mass is 328 g/mol. The molecule has 1 heterocycles. The molecule has 10 nitrogen and oxygen atoms in total. The first-order valence-corrected chi connectivity index (χ1v) is 6.90. The van der Waals surface area contributed by atoms with Crippen LogP contribution in [0.3, 0.4) is 0 Å². The molecular weight excluding hydrogens is 316 g/mol. The number of hydrogen-bond acceptors (Lipinski definition) is 10. The van der Waals surface area contributed by atoms with Crippen LogP contribution in [0.4, 0.5) is 0 Å². The Morgan fingerprint density at radius 2 is 1.46 bits per heavy atom. The summed E-state index contributed by atoms with van der Waals surface area (Å²) in [5.74, 6) is -2.89. The third kappa shape index (κ3) is 2.62. The predicted octanol–water partition coefficient (Wildman–Crippen LogP) is 1.43. The van der Waals surface area contributed by atoms with Crippen molar-refractivity contribution < 1.29 is 19.4 Å². The van der Waals surface area contributed by atoms with Gasteiger partial charge in [0.15, 0.2) is 0 Å². The molecule has 0 unspecified atom stereocenters. The van der Waals surface area contributed by atoms with E-state index in [0.29, 0.717) is 6.42 Å². The van der Waals surface area contributed by atoms with E-state index < -0.39 is 28.4 Å². The van der Waals surface area contributed by atoms with Crippen molar-refractivity contribution in [2.45, 2.75) is 38.8 Å². The summed E-state index contributed by atoms with van der Waals surface area (Å²) >= 11 is 0. The second-order valence-corrected chi connectivity index (χ2v) is 4.96. The van der Waals surface area contributed by atoms with Crippen molar-refractivity contribution in [3.63, 3.8) is 0 Å². The quantitative estimate of drug-likeness (QED) is 0.519. The summed E-state index contributed by atoms with van der Waals surface area (Å²) in [6.07, 6.45) is 0.260. The van der Waals surface area contributed by atoms with Crippen molar-refractivity contribution in [3.05, 3.63) is 0 Å². The number of carbonyl (C=O) groups is 2. The molecule has 10 heteroatoms. The number of carbonyl (C=O) groups excluding carboxylic acids is 2. The molecule has 0 N–H and O–H groups in total. The average Bonchev–Trinajstić information content (AvgIpc) is 3.40. The van der Waals surface area contributed by atoms with Crippen LogP contribution in [0.15, 0.2) is 10.2 Å². The molecule has 0 bridgehead atoms. The van der Waals surface area contributed by atoms with Crippen molar-refractivity contribution in [2.75, 3.05) is 0 Å². The minimum Gasteiger partial charge on any atom is -0.244 e. The van der Waals surface area contributed by atoms with Crippen LogP contribution in [-0.2, 0) is 19.4 Å². The number of nitrogens with zero attached hydrogens (tertiary/aromatic N) is 6. The lowest BCUT2D eigenvalue weighted by molar-refractivity contribution is -0.268. The van der Waals surface area contributed by atoms with Crippen LogP contribution in [0.2, 0.25) is 0 Å². The van der Waals surface area contributed by atoms with E-state index in [1.54, 1.807) is 13.8 Å². The summed E-state index contributed by atoms with van der Waals surface area (Å²) in [6.45, 7) is 3.20. The molecular formula is C14H12N6O4. The maximum absolute atomic E-state index is 12.1. The highest BCUT2D eigenvalue weighted by Crippen LogP contribution is 2.48. The summed E-state index contributed by atoms with van der Waals surface area (Å²) in [7, 11) is 0. The van der Waals surface area contributed by atoms with Gasteiger partial charge in [0.1, 0.15) is 12.1 Å². The topological polar surface area (TPSA) is 172 Å². The van der Waals surface area contributed by atoms with Crippen molar-refractivity contribution in [3.8, 4) is 24.3 Å². The Labute approximate surface area is 137 Å². The number of hydrogen-bond donors (Lipinski definition) is 0. The summed E-state index contributed by atoms with van der Waals surface area (Å²) in [4.78, 5) is 32.6. The fourth-order valence-corrected chi connectivity index (χ4v) is 1.99. The molecule has 0 amide bonds. The molecule has 1 rings (SSSR count). The lowest BCUT2D eigenvalue weighted by Gasteiger charge is -2.21. The van der Waals surface area contributed by atoms with Crippen molar-refractivity contribution in [1.29, 1.82) is 21.0 Å². The summed E-state index contributed by atoms with van der Waals surface area (Å²) in [6, 6.07) is 6.01. The van der Waals surface area contributed by atoms with E-state index in [2.05, 4.69) is 20.0 Å². The first kappa shape index (κ1) is 18.5. The fourth-order valence-electron chi connectivity index (χ4n) is 1.99. The van der Waals surface area contributed by atoms with Crippen LogP contribution in [0.5, 0.6) is 0 Å². The Bertz CT molecular complexity index is 711. The Balaban J connectivity index is 2.95. The number of nitriles is 4. The molecule has 0 atom stereocenters. The highest BCUT2D eigenvalue weighted by molar-refractivity contribution is 5.88. The summed E-state index contributed by atoms with van der Waals surface area (Å²) in [5, 5.41) is 43.6. The SMILES string of the molecule is CCCC(C#N)(C#N)C(=O)OOC(=O)C(C#N)(C#N)C1(CC)N=N1. The molecule has 0 aromatic rings. The normalized spacial score (nSPS) is 14.2. The minimum atomic E-state index is -2.42. The maximum atomic E-state index is 12.1. The Hall–Kier alpha value is -3.50. The highest BCUT2D eigenvalue weighted by atomic mass is 17.2. The second kappa shape index (κ2) is 6.73. The molecule has 1 aliphatic heterocycles. The van der Waals surface area contributed by atoms with Gasteiger partial charge in [-0.25, -0.2) is 19.4 Å². The molecule has 0 fully saturated rings. The Kier molecular flexibility index (Phi) is 5.20. The van der Waals surface area contributed by atoms with Gasteiger partial charge in [-0.3, -0.25) is 0 Å². The van der Waals surface area contributed by atoms with Gasteiger partial charge in [-0.2, -0.15) is 31.3 Å². The first-order chi connectivity index (χ1) is 11.4. The van der Waals surface area contributed by atoms with Gasteiger partial charge < -0.3 is 0 Å². The summed E-state index contributed by atoms with van der Waals surface area (Å²) < 4.78 is 0. The molecule has 0 aromatic carbocycles. The van der Waals surface area contributed by atoms with E-state index in [1.165, 1.54) is 24.3 Å². The predicted molar refractivity (Wildman–Crippen MR) is 72.3 cm³/mol. The Morgan fingerprint density at radius 1 is 0.958 bits per heavy atom. The Morgan fingerprint density at radius 3 is 1.79 bits per heavy atom. The zero-order valence-corrected chi connectivity index (χ0v) is 12.9. The van der Waals surface area contributed by atoms with Crippen molar-refractivity contribution in [2.24, 2.45) is 21.1 Å². The van der Waals surface area contributed by atoms with Gasteiger partial charge in [-0.1, -0.05) is 20.3 Å². The number of rotatable bonds is 6. The summed E-state index contributed by atoms with van der Waals surface area (Å²) in [5.41, 5.74) is -6.15. The van der Waals surface area contributed by atoms with Crippen LogP contribution in [0.25, 0.3) is 0 Å². The largest absolute Gasteiger partial charge is 0.394 e. The molecule has 0 saturated heterocycles. The third-order valence-corrected chi connectivity index (χ3v) is 3.62. The minimum absolute atomic E-state index is 0.0767. The molecule has 24 heavy (non-hydrogen) atoms. The molecule has 0 spiro atoms. The van der Waals surface area contributed by atoms with Gasteiger partial charge in [0, 0.05) is 0 Å².